The highest BCUT2D eigenvalue weighted by Gasteiger charge is 2.20. The van der Waals surface area contributed by atoms with Crippen LogP contribution in [0.3, 0.4) is 0 Å². The molecule has 24 heavy (non-hydrogen) atoms. The van der Waals surface area contributed by atoms with Gasteiger partial charge in [-0.3, -0.25) is 14.8 Å². The van der Waals surface area contributed by atoms with Gasteiger partial charge in [-0.15, -0.1) is 16.4 Å². The van der Waals surface area contributed by atoms with Gasteiger partial charge in [0.2, 0.25) is 0 Å². The summed E-state index contributed by atoms with van der Waals surface area (Å²) in [5.41, 5.74) is 0.655. The van der Waals surface area contributed by atoms with Gasteiger partial charge in [-0.25, -0.2) is 0 Å². The topological polar surface area (TPSA) is 85.8 Å². The number of hydrogen-bond donors (Lipinski definition) is 1. The number of halogens is 1. The summed E-state index contributed by atoms with van der Waals surface area (Å²) >= 11 is 7.61. The first-order chi connectivity index (χ1) is 11.6. The smallest absolute Gasteiger partial charge is 0.322 e. The SMILES string of the molecule is Cn1nccc1-c1nnc(NC(=O)c2sc3ccccc3c2Cl)o1. The van der Waals surface area contributed by atoms with Gasteiger partial charge in [0.1, 0.15) is 10.6 Å². The number of benzene rings is 1. The van der Waals surface area contributed by atoms with Gasteiger partial charge in [0.05, 0.1) is 5.02 Å². The van der Waals surface area contributed by atoms with Crippen molar-refractivity contribution in [3.05, 3.63) is 46.4 Å². The van der Waals surface area contributed by atoms with Gasteiger partial charge in [-0.1, -0.05) is 34.9 Å². The Morgan fingerprint density at radius 3 is 2.88 bits per heavy atom. The Hall–Kier alpha value is -2.71. The van der Waals surface area contributed by atoms with Crippen LogP contribution < -0.4 is 5.32 Å². The lowest BCUT2D eigenvalue weighted by molar-refractivity contribution is 0.102. The average molecular weight is 360 g/mol. The summed E-state index contributed by atoms with van der Waals surface area (Å²) in [6.07, 6.45) is 1.62. The van der Waals surface area contributed by atoms with Crippen LogP contribution in [0.2, 0.25) is 5.02 Å². The van der Waals surface area contributed by atoms with E-state index >= 15 is 0 Å². The number of amides is 1. The predicted molar refractivity (Wildman–Crippen MR) is 91.3 cm³/mol. The van der Waals surface area contributed by atoms with Crippen LogP contribution in [0, 0.1) is 0 Å². The number of rotatable bonds is 3. The van der Waals surface area contributed by atoms with E-state index in [2.05, 4.69) is 20.6 Å². The first-order valence-electron chi connectivity index (χ1n) is 6.94. The Labute approximate surface area is 144 Å². The Bertz CT molecular complexity index is 1050. The zero-order chi connectivity index (χ0) is 16.7. The molecule has 4 aromatic rings. The lowest BCUT2D eigenvalue weighted by Gasteiger charge is -1.98. The number of nitrogens with one attached hydrogen (secondary N) is 1. The maximum atomic E-state index is 12.4. The molecule has 3 aromatic heterocycles. The summed E-state index contributed by atoms with van der Waals surface area (Å²) < 4.78 is 8.00. The molecule has 1 N–H and O–H groups in total. The summed E-state index contributed by atoms with van der Waals surface area (Å²) in [6, 6.07) is 9.30. The van der Waals surface area contributed by atoms with E-state index in [-0.39, 0.29) is 17.8 Å². The molecule has 7 nitrogen and oxygen atoms in total. The van der Waals surface area contributed by atoms with Crippen LogP contribution in [0.1, 0.15) is 9.67 Å². The van der Waals surface area contributed by atoms with E-state index in [4.69, 9.17) is 16.0 Å². The second-order valence-electron chi connectivity index (χ2n) is 4.95. The van der Waals surface area contributed by atoms with Crippen LogP contribution in [0.25, 0.3) is 21.7 Å². The van der Waals surface area contributed by atoms with Gasteiger partial charge in [0, 0.05) is 23.3 Å². The molecule has 0 saturated carbocycles. The predicted octanol–water partition coefficient (Wildman–Crippen LogP) is 3.59. The second kappa shape index (κ2) is 5.73. The van der Waals surface area contributed by atoms with Gasteiger partial charge in [0.25, 0.3) is 11.8 Å². The standard InChI is InChI=1S/C15H10ClN5O2S/c1-21-9(6-7-17-21)14-19-20-15(23-14)18-13(22)12-11(16)8-4-2-3-5-10(8)24-12/h2-7H,1H3,(H,18,20,22). The number of nitrogens with zero attached hydrogens (tertiary/aromatic N) is 4. The molecule has 0 bridgehead atoms. The number of thiophene rings is 1. The molecule has 0 aliphatic heterocycles. The van der Waals surface area contributed by atoms with Crippen molar-refractivity contribution in [2.24, 2.45) is 7.05 Å². The van der Waals surface area contributed by atoms with Crippen molar-refractivity contribution in [3.63, 3.8) is 0 Å². The average Bonchev–Trinajstić information content (AvgIpc) is 3.27. The van der Waals surface area contributed by atoms with Gasteiger partial charge in [-0.2, -0.15) is 5.10 Å². The molecular formula is C15H10ClN5O2S. The number of hydrogen-bond acceptors (Lipinski definition) is 6. The van der Waals surface area contributed by atoms with Crippen LogP contribution in [0.5, 0.6) is 0 Å². The van der Waals surface area contributed by atoms with Gasteiger partial charge in [0.15, 0.2) is 0 Å². The third-order valence-corrected chi connectivity index (χ3v) is 5.10. The number of carbonyl (C=O) groups excluding carboxylic acids is 1. The molecule has 0 aliphatic carbocycles. The van der Waals surface area contributed by atoms with E-state index in [0.29, 0.717) is 15.6 Å². The fourth-order valence-electron chi connectivity index (χ4n) is 2.27. The second-order valence-corrected chi connectivity index (χ2v) is 6.38. The van der Waals surface area contributed by atoms with Crippen molar-refractivity contribution < 1.29 is 9.21 Å². The minimum atomic E-state index is -0.388. The minimum absolute atomic E-state index is 0.00437. The van der Waals surface area contributed by atoms with E-state index in [1.807, 2.05) is 24.3 Å². The van der Waals surface area contributed by atoms with E-state index in [1.54, 1.807) is 24.0 Å². The van der Waals surface area contributed by atoms with Crippen LogP contribution in [-0.2, 0) is 7.05 Å². The highest BCUT2D eigenvalue weighted by Crippen LogP contribution is 2.35. The monoisotopic (exact) mass is 359 g/mol. The molecule has 1 amide bonds. The third-order valence-electron chi connectivity index (χ3n) is 3.43. The molecule has 0 spiro atoms. The van der Waals surface area contributed by atoms with E-state index < -0.39 is 0 Å². The summed E-state index contributed by atoms with van der Waals surface area (Å²) in [7, 11) is 1.76. The maximum Gasteiger partial charge on any atom is 0.322 e. The van der Waals surface area contributed by atoms with E-state index in [9.17, 15) is 4.79 Å². The highest BCUT2D eigenvalue weighted by molar-refractivity contribution is 7.21. The molecule has 0 saturated heterocycles. The lowest BCUT2D eigenvalue weighted by atomic mass is 10.2. The first kappa shape index (κ1) is 14.9. The Morgan fingerprint density at radius 2 is 2.12 bits per heavy atom. The molecule has 4 rings (SSSR count). The first-order valence-corrected chi connectivity index (χ1v) is 8.13. The molecule has 120 valence electrons. The summed E-state index contributed by atoms with van der Waals surface area (Å²) in [5.74, 6) is -0.117. The zero-order valence-corrected chi connectivity index (χ0v) is 13.9. The molecule has 0 fully saturated rings. The summed E-state index contributed by atoms with van der Waals surface area (Å²) in [4.78, 5) is 12.8. The fourth-order valence-corrected chi connectivity index (χ4v) is 3.69. The van der Waals surface area contributed by atoms with Crippen molar-refractivity contribution in [1.82, 2.24) is 20.0 Å². The van der Waals surface area contributed by atoms with Crippen LogP contribution in [-0.4, -0.2) is 25.9 Å². The quantitative estimate of drug-likeness (QED) is 0.604. The van der Waals surface area contributed by atoms with Crippen molar-refractivity contribution >= 4 is 44.9 Å². The highest BCUT2D eigenvalue weighted by atomic mass is 35.5. The number of carbonyl (C=O) groups is 1. The maximum absolute atomic E-state index is 12.4. The number of anilines is 1. The summed E-state index contributed by atoms with van der Waals surface area (Å²) in [6.45, 7) is 0. The number of aromatic nitrogens is 4. The van der Waals surface area contributed by atoms with Crippen LogP contribution in [0.4, 0.5) is 6.01 Å². The van der Waals surface area contributed by atoms with Crippen molar-refractivity contribution in [3.8, 4) is 11.6 Å². The summed E-state index contributed by atoms with van der Waals surface area (Å²) in [5, 5.41) is 15.6. The molecule has 3 heterocycles. The Kier molecular flexibility index (Phi) is 3.55. The third kappa shape index (κ3) is 2.45. The van der Waals surface area contributed by atoms with Crippen molar-refractivity contribution in [2.45, 2.75) is 0 Å². The van der Waals surface area contributed by atoms with Gasteiger partial charge in [-0.05, 0) is 12.1 Å². The molecule has 0 unspecified atom stereocenters. The molecule has 0 radical (unpaired) electrons. The van der Waals surface area contributed by atoms with Crippen molar-refractivity contribution in [1.29, 1.82) is 0 Å². The number of aryl methyl sites for hydroxylation is 1. The van der Waals surface area contributed by atoms with Crippen molar-refractivity contribution in [2.75, 3.05) is 5.32 Å². The largest absolute Gasteiger partial charge is 0.401 e. The van der Waals surface area contributed by atoms with Gasteiger partial charge < -0.3 is 4.42 Å². The molecule has 0 aliphatic rings. The number of fused-ring (bicyclic) bond motifs is 1. The fraction of sp³-hybridized carbons (Fsp3) is 0.0667. The van der Waals surface area contributed by atoms with Crippen LogP contribution in [0.15, 0.2) is 40.9 Å². The lowest BCUT2D eigenvalue weighted by Crippen LogP contribution is -2.10. The van der Waals surface area contributed by atoms with E-state index in [1.165, 1.54) is 11.3 Å². The molecule has 0 atom stereocenters. The zero-order valence-electron chi connectivity index (χ0n) is 12.4. The normalized spacial score (nSPS) is 11.1. The Balaban J connectivity index is 1.61. The molecular weight excluding hydrogens is 350 g/mol. The minimum Gasteiger partial charge on any atom is -0.401 e. The Morgan fingerprint density at radius 1 is 1.29 bits per heavy atom. The van der Waals surface area contributed by atoms with Crippen LogP contribution >= 0.6 is 22.9 Å². The van der Waals surface area contributed by atoms with E-state index in [0.717, 1.165) is 10.1 Å². The molecule has 9 heteroatoms. The molecule has 1 aromatic carbocycles. The van der Waals surface area contributed by atoms with Gasteiger partial charge >= 0.3 is 6.01 Å².